The molecule has 0 amide bonds. The van der Waals surface area contributed by atoms with E-state index in [-0.39, 0.29) is 11.1 Å². The molecule has 0 unspecified atom stereocenters. The van der Waals surface area contributed by atoms with E-state index in [9.17, 15) is 18.0 Å². The Balaban J connectivity index is 2.24. The lowest BCUT2D eigenvalue weighted by atomic mass is 10.1. The molecule has 96 valence electrons. The van der Waals surface area contributed by atoms with Gasteiger partial charge in [0.1, 0.15) is 17.5 Å². The van der Waals surface area contributed by atoms with Crippen molar-refractivity contribution in [3.8, 4) is 0 Å². The van der Waals surface area contributed by atoms with Crippen LogP contribution in [-0.2, 0) is 0 Å². The molecule has 2 aromatic carbocycles. The highest BCUT2D eigenvalue weighted by atomic mass is 19.1. The Bertz CT molecular complexity index is 648. The van der Waals surface area contributed by atoms with Gasteiger partial charge in [-0.05, 0) is 30.4 Å². The molecule has 0 saturated heterocycles. The molecule has 0 fully saturated rings. The van der Waals surface area contributed by atoms with Crippen LogP contribution in [0.25, 0.3) is 6.08 Å². The number of allylic oxidation sites excluding steroid dienone is 1. The van der Waals surface area contributed by atoms with Crippen LogP contribution in [0, 0.1) is 17.5 Å². The largest absolute Gasteiger partial charge is 0.289 e. The van der Waals surface area contributed by atoms with Crippen LogP contribution >= 0.6 is 0 Å². The third-order valence-corrected chi connectivity index (χ3v) is 2.52. The van der Waals surface area contributed by atoms with Crippen LogP contribution in [0.1, 0.15) is 15.9 Å². The van der Waals surface area contributed by atoms with Gasteiger partial charge < -0.3 is 0 Å². The number of hydrogen-bond donors (Lipinski definition) is 0. The van der Waals surface area contributed by atoms with Gasteiger partial charge in [-0.15, -0.1) is 0 Å². The summed E-state index contributed by atoms with van der Waals surface area (Å²) in [5.41, 5.74) is -0.0349. The highest BCUT2D eigenvalue weighted by Gasteiger charge is 2.09. The van der Waals surface area contributed by atoms with Crippen LogP contribution in [0.15, 0.2) is 48.5 Å². The van der Waals surface area contributed by atoms with Crippen LogP contribution < -0.4 is 0 Å². The minimum absolute atomic E-state index is 0.221. The summed E-state index contributed by atoms with van der Waals surface area (Å²) < 4.78 is 39.3. The van der Waals surface area contributed by atoms with Crippen molar-refractivity contribution in [1.82, 2.24) is 0 Å². The number of benzene rings is 2. The van der Waals surface area contributed by atoms with Gasteiger partial charge in [0.2, 0.25) is 0 Å². The standard InChI is InChI=1S/C15H9F3O/c16-11-6-7-12(14(18)9-11)15(19)8-5-10-3-1-2-4-13(10)17/h1-9H/b8-5+. The van der Waals surface area contributed by atoms with Crippen molar-refractivity contribution in [2.45, 2.75) is 0 Å². The highest BCUT2D eigenvalue weighted by Crippen LogP contribution is 2.13. The third kappa shape index (κ3) is 3.10. The highest BCUT2D eigenvalue weighted by molar-refractivity contribution is 6.06. The van der Waals surface area contributed by atoms with E-state index in [0.29, 0.717) is 6.07 Å². The van der Waals surface area contributed by atoms with Crippen LogP contribution in [-0.4, -0.2) is 5.78 Å². The first kappa shape index (κ1) is 13.1. The molecule has 0 atom stereocenters. The van der Waals surface area contributed by atoms with Crippen molar-refractivity contribution in [3.63, 3.8) is 0 Å². The summed E-state index contributed by atoms with van der Waals surface area (Å²) in [6, 6.07) is 8.55. The minimum Gasteiger partial charge on any atom is -0.289 e. The summed E-state index contributed by atoms with van der Waals surface area (Å²) >= 11 is 0. The Morgan fingerprint density at radius 2 is 1.68 bits per heavy atom. The molecular weight excluding hydrogens is 253 g/mol. The van der Waals surface area contributed by atoms with E-state index in [1.165, 1.54) is 24.3 Å². The molecule has 0 aliphatic carbocycles. The second-order valence-electron chi connectivity index (χ2n) is 3.84. The van der Waals surface area contributed by atoms with Crippen molar-refractivity contribution in [2.75, 3.05) is 0 Å². The number of hydrogen-bond acceptors (Lipinski definition) is 1. The van der Waals surface area contributed by atoms with Crippen molar-refractivity contribution < 1.29 is 18.0 Å². The Morgan fingerprint density at radius 3 is 2.37 bits per heavy atom. The van der Waals surface area contributed by atoms with Crippen LogP contribution in [0.2, 0.25) is 0 Å². The fourth-order valence-corrected chi connectivity index (χ4v) is 1.55. The molecule has 0 saturated carbocycles. The Hall–Kier alpha value is -2.36. The SMILES string of the molecule is O=C(/C=C/c1ccccc1F)c1ccc(F)cc1F. The van der Waals surface area contributed by atoms with E-state index in [4.69, 9.17) is 0 Å². The van der Waals surface area contributed by atoms with Gasteiger partial charge in [0.05, 0.1) is 5.56 Å². The quantitative estimate of drug-likeness (QED) is 0.603. The Morgan fingerprint density at radius 1 is 0.947 bits per heavy atom. The summed E-state index contributed by atoms with van der Waals surface area (Å²) in [6.07, 6.45) is 2.30. The van der Waals surface area contributed by atoms with Gasteiger partial charge in [0.25, 0.3) is 0 Å². The second-order valence-corrected chi connectivity index (χ2v) is 3.84. The molecule has 2 rings (SSSR count). The van der Waals surface area contributed by atoms with Crippen LogP contribution in [0.4, 0.5) is 13.2 Å². The molecule has 0 heterocycles. The van der Waals surface area contributed by atoms with Gasteiger partial charge in [-0.25, -0.2) is 13.2 Å². The first-order valence-corrected chi connectivity index (χ1v) is 5.50. The van der Waals surface area contributed by atoms with E-state index in [0.717, 1.165) is 18.2 Å². The molecule has 1 nitrogen and oxygen atoms in total. The van der Waals surface area contributed by atoms with Crippen LogP contribution in [0.5, 0.6) is 0 Å². The van der Waals surface area contributed by atoms with Gasteiger partial charge >= 0.3 is 0 Å². The molecule has 2 aromatic rings. The maximum atomic E-state index is 13.3. The van der Waals surface area contributed by atoms with Gasteiger partial charge in [-0.2, -0.15) is 0 Å². The number of carbonyl (C=O) groups excluding carboxylic acids is 1. The molecule has 0 spiro atoms. The summed E-state index contributed by atoms with van der Waals surface area (Å²) in [5.74, 6) is -2.83. The smallest absolute Gasteiger partial charge is 0.188 e. The number of carbonyl (C=O) groups is 1. The predicted octanol–water partition coefficient (Wildman–Crippen LogP) is 4.00. The Labute approximate surface area is 108 Å². The molecule has 0 aliphatic rings. The van der Waals surface area contributed by atoms with E-state index >= 15 is 0 Å². The zero-order chi connectivity index (χ0) is 13.8. The maximum Gasteiger partial charge on any atom is 0.188 e. The summed E-state index contributed by atoms with van der Waals surface area (Å²) in [4.78, 5) is 11.7. The van der Waals surface area contributed by atoms with E-state index in [1.807, 2.05) is 0 Å². The predicted molar refractivity (Wildman–Crippen MR) is 66.1 cm³/mol. The van der Waals surface area contributed by atoms with Crippen molar-refractivity contribution in [1.29, 1.82) is 0 Å². The van der Waals surface area contributed by atoms with E-state index < -0.39 is 23.2 Å². The van der Waals surface area contributed by atoms with E-state index in [1.54, 1.807) is 6.07 Å². The first-order chi connectivity index (χ1) is 9.08. The third-order valence-electron chi connectivity index (χ3n) is 2.52. The number of ketones is 1. The minimum atomic E-state index is -0.941. The second kappa shape index (κ2) is 5.52. The molecule has 0 aromatic heterocycles. The van der Waals surface area contributed by atoms with Crippen molar-refractivity contribution in [2.24, 2.45) is 0 Å². The lowest BCUT2D eigenvalue weighted by Gasteiger charge is -1.99. The molecule has 19 heavy (non-hydrogen) atoms. The van der Waals surface area contributed by atoms with Crippen molar-refractivity contribution >= 4 is 11.9 Å². The van der Waals surface area contributed by atoms with Crippen molar-refractivity contribution in [3.05, 3.63) is 77.1 Å². The van der Waals surface area contributed by atoms with Gasteiger partial charge in [0.15, 0.2) is 5.78 Å². The Kier molecular flexibility index (Phi) is 3.80. The fraction of sp³-hybridized carbons (Fsp3) is 0. The molecule has 4 heteroatoms. The molecule has 0 N–H and O–H groups in total. The van der Waals surface area contributed by atoms with Gasteiger partial charge in [-0.3, -0.25) is 4.79 Å². The topological polar surface area (TPSA) is 17.1 Å². The average Bonchev–Trinajstić information content (AvgIpc) is 2.37. The zero-order valence-corrected chi connectivity index (χ0v) is 9.74. The lowest BCUT2D eigenvalue weighted by molar-refractivity contribution is 0.104. The van der Waals surface area contributed by atoms with Gasteiger partial charge in [-0.1, -0.05) is 18.2 Å². The first-order valence-electron chi connectivity index (χ1n) is 5.50. The monoisotopic (exact) mass is 262 g/mol. The molecular formula is C15H9F3O. The number of halogens is 3. The lowest BCUT2D eigenvalue weighted by Crippen LogP contribution is -1.99. The van der Waals surface area contributed by atoms with Crippen LogP contribution in [0.3, 0.4) is 0 Å². The summed E-state index contributed by atoms with van der Waals surface area (Å²) in [5, 5.41) is 0. The molecule has 0 aliphatic heterocycles. The summed E-state index contributed by atoms with van der Waals surface area (Å²) in [6.45, 7) is 0. The normalized spacial score (nSPS) is 10.9. The molecule has 0 bridgehead atoms. The fourth-order valence-electron chi connectivity index (χ4n) is 1.55. The summed E-state index contributed by atoms with van der Waals surface area (Å²) in [7, 11) is 0. The van der Waals surface area contributed by atoms with E-state index in [2.05, 4.69) is 0 Å². The van der Waals surface area contributed by atoms with Gasteiger partial charge in [0, 0.05) is 11.6 Å². The molecule has 0 radical (unpaired) electrons. The number of rotatable bonds is 3. The zero-order valence-electron chi connectivity index (χ0n) is 9.74. The maximum absolute atomic E-state index is 13.3. The average molecular weight is 262 g/mol.